The van der Waals surface area contributed by atoms with Crippen molar-refractivity contribution in [3.05, 3.63) is 49.1 Å². The number of imidazole rings is 1. The van der Waals surface area contributed by atoms with Gasteiger partial charge in [-0.15, -0.1) is 0 Å². The molecule has 4 heterocycles. The molecular weight excluding hydrogens is 328 g/mol. The van der Waals surface area contributed by atoms with E-state index in [4.69, 9.17) is 10.5 Å². The fraction of sp³-hybridized carbons (Fsp3) is 0.211. The molecule has 1 fully saturated rings. The van der Waals surface area contributed by atoms with E-state index in [1.807, 2.05) is 39.7 Å². The van der Waals surface area contributed by atoms with Gasteiger partial charge >= 0.3 is 0 Å². The van der Waals surface area contributed by atoms with Gasteiger partial charge in [0.05, 0.1) is 36.9 Å². The molecule has 1 saturated carbocycles. The lowest BCUT2D eigenvalue weighted by Gasteiger charge is -2.09. The minimum absolute atomic E-state index is 0.483. The summed E-state index contributed by atoms with van der Waals surface area (Å²) in [5.74, 6) is 1.25. The maximum absolute atomic E-state index is 5.84. The predicted octanol–water partition coefficient (Wildman–Crippen LogP) is 3.19. The van der Waals surface area contributed by atoms with Gasteiger partial charge < -0.3 is 10.5 Å². The van der Waals surface area contributed by atoms with Crippen molar-refractivity contribution < 1.29 is 4.74 Å². The van der Waals surface area contributed by atoms with Gasteiger partial charge in [0, 0.05) is 29.6 Å². The number of rotatable bonds is 4. The highest BCUT2D eigenvalue weighted by molar-refractivity contribution is 5.73. The molecule has 5 rings (SSSR count). The first kappa shape index (κ1) is 14.9. The van der Waals surface area contributed by atoms with Crippen LogP contribution in [0.1, 0.15) is 18.9 Å². The summed E-state index contributed by atoms with van der Waals surface area (Å²) in [6, 6.07) is 8.06. The first-order valence-electron chi connectivity index (χ1n) is 8.55. The predicted molar refractivity (Wildman–Crippen MR) is 98.9 cm³/mol. The third kappa shape index (κ3) is 2.40. The van der Waals surface area contributed by atoms with Gasteiger partial charge in [-0.1, -0.05) is 6.07 Å². The summed E-state index contributed by atoms with van der Waals surface area (Å²) in [5, 5.41) is 4.50. The number of fused-ring (bicyclic) bond motifs is 1. The van der Waals surface area contributed by atoms with Crippen LogP contribution in [0, 0.1) is 0 Å². The second-order valence-electron chi connectivity index (χ2n) is 6.52. The van der Waals surface area contributed by atoms with Crippen molar-refractivity contribution in [2.45, 2.75) is 18.9 Å². The Morgan fingerprint density at radius 1 is 1.19 bits per heavy atom. The average molecular weight is 346 g/mol. The van der Waals surface area contributed by atoms with Gasteiger partial charge in [0.1, 0.15) is 17.2 Å². The molecule has 0 aromatic carbocycles. The summed E-state index contributed by atoms with van der Waals surface area (Å²) >= 11 is 0. The van der Waals surface area contributed by atoms with Crippen molar-refractivity contribution >= 4 is 11.5 Å². The number of ether oxygens (including phenoxy) is 1. The van der Waals surface area contributed by atoms with Crippen LogP contribution in [0.3, 0.4) is 0 Å². The summed E-state index contributed by atoms with van der Waals surface area (Å²) in [6.45, 7) is 0. The lowest BCUT2D eigenvalue weighted by Crippen LogP contribution is -1.97. The van der Waals surface area contributed by atoms with Crippen molar-refractivity contribution in [2.24, 2.45) is 0 Å². The summed E-state index contributed by atoms with van der Waals surface area (Å²) in [4.78, 5) is 8.91. The molecule has 0 bridgehead atoms. The number of hydrogen-bond donors (Lipinski definition) is 1. The van der Waals surface area contributed by atoms with E-state index in [9.17, 15) is 0 Å². The molecule has 0 spiro atoms. The van der Waals surface area contributed by atoms with Crippen LogP contribution in [-0.4, -0.2) is 31.3 Å². The Morgan fingerprint density at radius 3 is 2.85 bits per heavy atom. The number of nitrogens with zero attached hydrogens (tertiary/aromatic N) is 5. The molecule has 7 heteroatoms. The number of methoxy groups -OCH3 is 1. The van der Waals surface area contributed by atoms with Crippen LogP contribution in [0.2, 0.25) is 0 Å². The van der Waals surface area contributed by atoms with E-state index >= 15 is 0 Å². The van der Waals surface area contributed by atoms with Gasteiger partial charge in [0.25, 0.3) is 0 Å². The normalized spacial score (nSPS) is 14.0. The summed E-state index contributed by atoms with van der Waals surface area (Å²) in [5.41, 5.74) is 10.3. The Kier molecular flexibility index (Phi) is 3.21. The second-order valence-corrected chi connectivity index (χ2v) is 6.52. The third-order valence-electron chi connectivity index (χ3n) is 4.70. The van der Waals surface area contributed by atoms with Crippen LogP contribution < -0.4 is 10.5 Å². The molecule has 130 valence electrons. The van der Waals surface area contributed by atoms with Gasteiger partial charge in [-0.2, -0.15) is 5.10 Å². The van der Waals surface area contributed by atoms with Crippen molar-refractivity contribution in [3.8, 4) is 28.3 Å². The molecule has 0 atom stereocenters. The Bertz CT molecular complexity index is 1110. The molecule has 4 aromatic rings. The van der Waals surface area contributed by atoms with Crippen LogP contribution in [0.25, 0.3) is 28.2 Å². The summed E-state index contributed by atoms with van der Waals surface area (Å²) in [6.07, 6.45) is 10.2. The fourth-order valence-electron chi connectivity index (χ4n) is 3.19. The molecule has 4 aromatic heterocycles. The quantitative estimate of drug-likeness (QED) is 0.613. The second kappa shape index (κ2) is 5.59. The third-order valence-corrected chi connectivity index (χ3v) is 4.70. The lowest BCUT2D eigenvalue weighted by molar-refractivity contribution is 0.416. The van der Waals surface area contributed by atoms with Crippen LogP contribution in [0.15, 0.2) is 49.1 Å². The Balaban J connectivity index is 1.68. The Morgan fingerprint density at radius 2 is 2.08 bits per heavy atom. The van der Waals surface area contributed by atoms with E-state index in [1.54, 1.807) is 19.4 Å². The standard InChI is InChI=1S/C19H18N6O/c1-26-17-7-19-21-9-16(15-3-2-4-18(20)23-15)24(19)11-14(17)12-8-22-25(10-12)13-5-6-13/h2-4,7-11,13H,5-6H2,1H3,(H2,20,23). The van der Waals surface area contributed by atoms with Gasteiger partial charge in [0.15, 0.2) is 0 Å². The van der Waals surface area contributed by atoms with Crippen LogP contribution in [0.5, 0.6) is 5.75 Å². The van der Waals surface area contributed by atoms with E-state index in [2.05, 4.69) is 21.3 Å². The average Bonchev–Trinajstić information content (AvgIpc) is 3.24. The molecular formula is C19H18N6O. The molecule has 7 nitrogen and oxygen atoms in total. The van der Waals surface area contributed by atoms with Gasteiger partial charge in [-0.05, 0) is 25.0 Å². The molecule has 0 amide bonds. The van der Waals surface area contributed by atoms with Crippen LogP contribution >= 0.6 is 0 Å². The number of aromatic nitrogens is 5. The first-order valence-corrected chi connectivity index (χ1v) is 8.55. The highest BCUT2D eigenvalue weighted by Crippen LogP contribution is 2.37. The fourth-order valence-corrected chi connectivity index (χ4v) is 3.19. The zero-order valence-electron chi connectivity index (χ0n) is 14.3. The number of pyridine rings is 2. The molecule has 1 aliphatic rings. The van der Waals surface area contributed by atoms with Crippen molar-refractivity contribution in [2.75, 3.05) is 12.8 Å². The van der Waals surface area contributed by atoms with Gasteiger partial charge in [0.2, 0.25) is 0 Å². The maximum atomic E-state index is 5.84. The lowest BCUT2D eigenvalue weighted by atomic mass is 10.1. The van der Waals surface area contributed by atoms with E-state index in [1.165, 1.54) is 12.8 Å². The maximum Gasteiger partial charge on any atom is 0.140 e. The van der Waals surface area contributed by atoms with Crippen molar-refractivity contribution in [1.29, 1.82) is 0 Å². The van der Waals surface area contributed by atoms with Gasteiger partial charge in [-0.3, -0.25) is 9.08 Å². The van der Waals surface area contributed by atoms with E-state index in [0.717, 1.165) is 33.9 Å². The zero-order valence-corrected chi connectivity index (χ0v) is 14.3. The monoisotopic (exact) mass is 346 g/mol. The van der Waals surface area contributed by atoms with E-state index in [0.29, 0.717) is 11.9 Å². The largest absolute Gasteiger partial charge is 0.496 e. The molecule has 0 radical (unpaired) electrons. The number of hydrogen-bond acceptors (Lipinski definition) is 5. The van der Waals surface area contributed by atoms with Gasteiger partial charge in [-0.25, -0.2) is 9.97 Å². The number of nitrogen functional groups attached to an aromatic ring is 1. The molecule has 1 aliphatic carbocycles. The Labute approximate surface area is 150 Å². The van der Waals surface area contributed by atoms with Crippen molar-refractivity contribution in [1.82, 2.24) is 24.1 Å². The molecule has 0 aliphatic heterocycles. The highest BCUT2D eigenvalue weighted by atomic mass is 16.5. The topological polar surface area (TPSA) is 83.3 Å². The summed E-state index contributed by atoms with van der Waals surface area (Å²) in [7, 11) is 1.67. The number of anilines is 1. The molecule has 2 N–H and O–H groups in total. The minimum atomic E-state index is 0.483. The molecule has 0 saturated heterocycles. The van der Waals surface area contributed by atoms with Crippen LogP contribution in [-0.2, 0) is 0 Å². The minimum Gasteiger partial charge on any atom is -0.496 e. The SMILES string of the molecule is COc1cc2ncc(-c3cccc(N)n3)n2cc1-c1cnn(C2CC2)c1. The molecule has 26 heavy (non-hydrogen) atoms. The highest BCUT2D eigenvalue weighted by Gasteiger charge is 2.25. The summed E-state index contributed by atoms with van der Waals surface area (Å²) < 4.78 is 9.64. The van der Waals surface area contributed by atoms with E-state index in [-0.39, 0.29) is 0 Å². The van der Waals surface area contributed by atoms with Crippen LogP contribution in [0.4, 0.5) is 5.82 Å². The molecule has 0 unspecified atom stereocenters. The zero-order chi connectivity index (χ0) is 17.7. The first-order chi connectivity index (χ1) is 12.7. The smallest absolute Gasteiger partial charge is 0.140 e. The number of nitrogens with two attached hydrogens (primary N) is 1. The van der Waals surface area contributed by atoms with E-state index < -0.39 is 0 Å². The van der Waals surface area contributed by atoms with Crippen molar-refractivity contribution in [3.63, 3.8) is 0 Å². The Hall–Kier alpha value is -3.35.